The molecule has 0 amide bonds. The maximum absolute atomic E-state index is 11.0. The highest BCUT2D eigenvalue weighted by molar-refractivity contribution is 7.75. The minimum atomic E-state index is -0.287. The van der Waals surface area contributed by atoms with E-state index in [-0.39, 0.29) is 24.1 Å². The Morgan fingerprint density at radius 1 is 1.64 bits per heavy atom. The highest BCUT2D eigenvalue weighted by Gasteiger charge is 2.41. The molecule has 2 bridgehead atoms. The van der Waals surface area contributed by atoms with Gasteiger partial charge >= 0.3 is 5.97 Å². The van der Waals surface area contributed by atoms with Crippen LogP contribution in [0.5, 0.6) is 0 Å². The second-order valence-corrected chi connectivity index (χ2v) is 2.96. The van der Waals surface area contributed by atoms with Crippen molar-refractivity contribution in [2.24, 2.45) is 5.92 Å². The van der Waals surface area contributed by atoms with Gasteiger partial charge in [-0.25, -0.2) is 0 Å². The van der Waals surface area contributed by atoms with Crippen LogP contribution in [0.1, 0.15) is 6.42 Å². The van der Waals surface area contributed by atoms with Gasteiger partial charge in [-0.05, 0) is 6.42 Å². The molecule has 2 aliphatic rings. The van der Waals surface area contributed by atoms with E-state index in [1.54, 1.807) is 0 Å². The first-order valence-corrected chi connectivity index (χ1v) is 3.87. The van der Waals surface area contributed by atoms with Gasteiger partial charge in [0.1, 0.15) is 0 Å². The molecule has 2 rings (SSSR count). The van der Waals surface area contributed by atoms with Crippen molar-refractivity contribution < 1.29 is 13.7 Å². The van der Waals surface area contributed by atoms with Crippen LogP contribution in [0, 0.1) is 5.92 Å². The lowest BCUT2D eigenvalue weighted by atomic mass is 9.95. The van der Waals surface area contributed by atoms with Gasteiger partial charge < -0.3 is 8.92 Å². The van der Waals surface area contributed by atoms with Crippen LogP contribution < -0.4 is 0 Å². The predicted octanol–water partition coefficient (Wildman–Crippen LogP) is 0.718. The van der Waals surface area contributed by atoms with E-state index in [0.717, 1.165) is 6.42 Å². The van der Waals surface area contributed by atoms with Gasteiger partial charge in [-0.2, -0.15) is 0 Å². The molecule has 0 aromatic heterocycles. The number of ether oxygens (including phenoxy) is 1. The van der Waals surface area contributed by atoms with E-state index < -0.39 is 0 Å². The fourth-order valence-electron chi connectivity index (χ4n) is 1.57. The molecule has 3 atom stereocenters. The van der Waals surface area contributed by atoms with Crippen LogP contribution in [0.3, 0.4) is 0 Å². The molecule has 0 spiro atoms. The highest BCUT2D eigenvalue weighted by atomic mass is 32.1. The molecule has 11 heavy (non-hydrogen) atoms. The minimum Gasteiger partial charge on any atom is -0.394 e. The number of hydrogen-bond donors (Lipinski definition) is 1. The van der Waals surface area contributed by atoms with Gasteiger partial charge in [0.15, 0.2) is 0 Å². The molecule has 0 N–H and O–H groups in total. The van der Waals surface area contributed by atoms with Crippen molar-refractivity contribution in [3.8, 4) is 0 Å². The molecule has 1 saturated heterocycles. The Kier molecular flexibility index (Phi) is 1.65. The lowest BCUT2D eigenvalue weighted by Gasteiger charge is -2.10. The summed E-state index contributed by atoms with van der Waals surface area (Å²) in [5.41, 5.74) is 0. The quantitative estimate of drug-likeness (QED) is 0.359. The average molecular weight is 172 g/mol. The molecule has 2 heterocycles. The molecule has 2 aliphatic heterocycles. The van der Waals surface area contributed by atoms with E-state index in [2.05, 4.69) is 17.1 Å². The number of thiol groups is 1. The maximum atomic E-state index is 11.0. The Morgan fingerprint density at radius 3 is 2.91 bits per heavy atom. The number of fused-ring (bicyclic) bond motifs is 2. The van der Waals surface area contributed by atoms with Crippen molar-refractivity contribution >= 4 is 18.9 Å². The zero-order valence-corrected chi connectivity index (χ0v) is 6.66. The first-order chi connectivity index (χ1) is 5.31. The zero-order chi connectivity index (χ0) is 7.84. The zero-order valence-electron chi connectivity index (χ0n) is 5.77. The van der Waals surface area contributed by atoms with Gasteiger partial charge in [-0.1, -0.05) is 12.2 Å². The fraction of sp³-hybridized carbons (Fsp3) is 0.571. The molecule has 4 heteroatoms. The summed E-state index contributed by atoms with van der Waals surface area (Å²) in [7, 11) is 0. The summed E-state index contributed by atoms with van der Waals surface area (Å²) >= 11 is 3.46. The number of carbonyl (C=O) groups excluding carboxylic acids is 1. The molecule has 0 radical (unpaired) electrons. The topological polar surface area (TPSA) is 35.5 Å². The molecule has 3 nitrogen and oxygen atoms in total. The van der Waals surface area contributed by atoms with Gasteiger partial charge in [0.25, 0.3) is 0 Å². The largest absolute Gasteiger partial charge is 0.394 e. The van der Waals surface area contributed by atoms with Crippen molar-refractivity contribution in [2.45, 2.75) is 18.6 Å². The minimum absolute atomic E-state index is 0.0698. The van der Waals surface area contributed by atoms with E-state index in [4.69, 9.17) is 4.74 Å². The molecular formula is C7H8O3S. The molecule has 60 valence electrons. The van der Waals surface area contributed by atoms with Crippen molar-refractivity contribution in [1.82, 2.24) is 0 Å². The average Bonchev–Trinajstić information content (AvgIpc) is 2.62. The van der Waals surface area contributed by atoms with Crippen LogP contribution in [0.2, 0.25) is 0 Å². The predicted molar refractivity (Wildman–Crippen MR) is 41.0 cm³/mol. The van der Waals surface area contributed by atoms with Crippen LogP contribution in [-0.4, -0.2) is 18.2 Å². The lowest BCUT2D eigenvalue weighted by molar-refractivity contribution is -0.138. The Balaban J connectivity index is 2.08. The smallest absolute Gasteiger partial charge is 0.323 e. The van der Waals surface area contributed by atoms with E-state index in [1.165, 1.54) is 0 Å². The lowest BCUT2D eigenvalue weighted by Crippen LogP contribution is -2.23. The van der Waals surface area contributed by atoms with E-state index in [9.17, 15) is 4.79 Å². The van der Waals surface area contributed by atoms with Gasteiger partial charge in [0, 0.05) is 12.9 Å². The van der Waals surface area contributed by atoms with Crippen LogP contribution in [0.15, 0.2) is 12.2 Å². The summed E-state index contributed by atoms with van der Waals surface area (Å²) in [6.07, 6.45) is 4.67. The molecule has 1 fully saturated rings. The van der Waals surface area contributed by atoms with Crippen LogP contribution in [0.4, 0.5) is 0 Å². The summed E-state index contributed by atoms with van der Waals surface area (Å²) in [6, 6.07) is 0. The van der Waals surface area contributed by atoms with Crippen molar-refractivity contribution in [2.75, 3.05) is 0 Å². The Labute approximate surface area is 70.0 Å². The number of hydrogen-bond acceptors (Lipinski definition) is 4. The third-order valence-electron chi connectivity index (χ3n) is 2.12. The summed E-state index contributed by atoms with van der Waals surface area (Å²) < 4.78 is 9.69. The summed E-state index contributed by atoms with van der Waals surface area (Å²) in [6.45, 7) is 0. The number of rotatable bonds is 1. The van der Waals surface area contributed by atoms with Crippen LogP contribution in [0.25, 0.3) is 0 Å². The van der Waals surface area contributed by atoms with Crippen molar-refractivity contribution in [3.05, 3.63) is 12.2 Å². The van der Waals surface area contributed by atoms with Gasteiger partial charge in [0.05, 0.1) is 18.1 Å². The highest BCUT2D eigenvalue weighted by Crippen LogP contribution is 2.34. The Hall–Kier alpha value is -0.480. The third kappa shape index (κ3) is 1.06. The standard InChI is InChI=1S/C7H8O3S/c8-7(10-11)5-3-4-1-2-6(5)9-4/h1-2,4-6,11H,3H2. The third-order valence-corrected chi connectivity index (χ3v) is 2.30. The summed E-state index contributed by atoms with van der Waals surface area (Å²) in [5.74, 6) is -0.423. The SMILES string of the molecule is O=C(OS)C1CC2C=CC1O2. The molecule has 0 aliphatic carbocycles. The van der Waals surface area contributed by atoms with Crippen molar-refractivity contribution in [3.63, 3.8) is 0 Å². The summed E-state index contributed by atoms with van der Waals surface area (Å²) in [5, 5.41) is 0. The molecule has 3 unspecified atom stereocenters. The molecule has 0 aromatic carbocycles. The van der Waals surface area contributed by atoms with E-state index >= 15 is 0 Å². The van der Waals surface area contributed by atoms with Gasteiger partial charge in [-0.15, -0.1) is 0 Å². The normalized spacial score (nSPS) is 39.5. The summed E-state index contributed by atoms with van der Waals surface area (Å²) in [4.78, 5) is 11.0. The molecule has 0 saturated carbocycles. The second kappa shape index (κ2) is 2.53. The van der Waals surface area contributed by atoms with Crippen LogP contribution >= 0.6 is 12.9 Å². The molecule has 0 aromatic rings. The van der Waals surface area contributed by atoms with Crippen molar-refractivity contribution in [1.29, 1.82) is 0 Å². The van der Waals surface area contributed by atoms with Crippen LogP contribution in [-0.2, 0) is 13.7 Å². The van der Waals surface area contributed by atoms with E-state index in [1.807, 2.05) is 12.2 Å². The second-order valence-electron chi connectivity index (χ2n) is 2.78. The molecular weight excluding hydrogens is 164 g/mol. The van der Waals surface area contributed by atoms with E-state index in [0.29, 0.717) is 0 Å². The Bertz CT molecular complexity index is 214. The Morgan fingerprint density at radius 2 is 2.45 bits per heavy atom. The number of carbonyl (C=O) groups is 1. The first kappa shape index (κ1) is 7.18. The fourth-order valence-corrected chi connectivity index (χ4v) is 1.71. The maximum Gasteiger partial charge on any atom is 0.323 e. The monoisotopic (exact) mass is 172 g/mol. The van der Waals surface area contributed by atoms with Gasteiger partial charge in [0.2, 0.25) is 0 Å². The van der Waals surface area contributed by atoms with Gasteiger partial charge in [-0.3, -0.25) is 4.79 Å². The first-order valence-electron chi connectivity index (χ1n) is 3.50.